The number of benzene rings is 2. The van der Waals surface area contributed by atoms with Crippen LogP contribution in [0.25, 0.3) is 0 Å². The molecule has 0 aliphatic rings. The third-order valence-corrected chi connectivity index (χ3v) is 6.00. The van der Waals surface area contributed by atoms with Gasteiger partial charge in [0.15, 0.2) is 28.8 Å². The van der Waals surface area contributed by atoms with Gasteiger partial charge in [0.05, 0.1) is 7.14 Å². The van der Waals surface area contributed by atoms with Crippen LogP contribution in [0.2, 0.25) is 0 Å². The molecule has 2 aromatic carbocycles. The van der Waals surface area contributed by atoms with Crippen LogP contribution >= 0.6 is 68.2 Å². The molecule has 0 saturated carbocycles. The first kappa shape index (κ1) is 18.3. The number of phenolic OH excluding ortho intramolecular Hbond substituents is 1. The molecule has 0 spiro atoms. The molecule has 0 unspecified atom stereocenters. The van der Waals surface area contributed by atoms with Gasteiger partial charge in [-0.05, 0) is 70.3 Å². The molecular weight excluding hydrogens is 649 g/mol. The molecule has 5 nitrogen and oxygen atoms in total. The highest BCUT2D eigenvalue weighted by Crippen LogP contribution is 2.45. The van der Waals surface area contributed by atoms with Crippen LogP contribution in [-0.2, 0) is 10.1 Å². The fourth-order valence-corrected chi connectivity index (χ4v) is 4.91. The Kier molecular flexibility index (Phi) is 6.04. The first-order valence-corrected chi connectivity index (χ1v) is 10.2. The summed E-state index contributed by atoms with van der Waals surface area (Å²) in [7, 11) is -4.02. The Labute approximate surface area is 169 Å². The SMILES string of the molecule is Cc1ccc(S(=O)(=O)Oc2c(I)cc(I)c(O)c2OI)cc1. The van der Waals surface area contributed by atoms with Gasteiger partial charge in [0.25, 0.3) is 0 Å². The van der Waals surface area contributed by atoms with Crippen molar-refractivity contribution in [3.63, 3.8) is 0 Å². The zero-order chi connectivity index (χ0) is 16.5. The van der Waals surface area contributed by atoms with Crippen molar-refractivity contribution in [2.75, 3.05) is 0 Å². The van der Waals surface area contributed by atoms with E-state index in [0.29, 0.717) is 7.14 Å². The Bertz CT molecular complexity index is 803. The van der Waals surface area contributed by atoms with Crippen LogP contribution < -0.4 is 7.25 Å². The van der Waals surface area contributed by atoms with E-state index >= 15 is 0 Å². The predicted octanol–water partition coefficient (Wildman–Crippen LogP) is 4.41. The summed E-state index contributed by atoms with van der Waals surface area (Å²) in [5.74, 6) is -0.217. The molecule has 9 heteroatoms. The first-order chi connectivity index (χ1) is 10.3. The topological polar surface area (TPSA) is 72.8 Å². The van der Waals surface area contributed by atoms with Crippen LogP contribution in [0.4, 0.5) is 0 Å². The molecule has 0 fully saturated rings. The van der Waals surface area contributed by atoms with Crippen molar-refractivity contribution >= 4 is 78.3 Å². The summed E-state index contributed by atoms with van der Waals surface area (Å²) in [5, 5.41) is 9.99. The lowest BCUT2D eigenvalue weighted by Crippen LogP contribution is -2.11. The van der Waals surface area contributed by atoms with Gasteiger partial charge in [-0.15, -0.1) is 0 Å². The maximum absolute atomic E-state index is 12.4. The maximum Gasteiger partial charge on any atom is 0.339 e. The van der Waals surface area contributed by atoms with Crippen molar-refractivity contribution in [3.05, 3.63) is 43.0 Å². The molecule has 0 heterocycles. The molecule has 0 atom stereocenters. The Morgan fingerprint density at radius 2 is 1.64 bits per heavy atom. The number of aryl methyl sites for hydroxylation is 1. The summed E-state index contributed by atoms with van der Waals surface area (Å²) in [6, 6.07) is 7.91. The summed E-state index contributed by atoms with van der Waals surface area (Å²) < 4.78 is 36.0. The van der Waals surface area contributed by atoms with Gasteiger partial charge in [0.1, 0.15) is 4.90 Å². The Balaban J connectivity index is 2.50. The highest BCUT2D eigenvalue weighted by molar-refractivity contribution is 14.1. The lowest BCUT2D eigenvalue weighted by molar-refractivity contribution is 0.435. The van der Waals surface area contributed by atoms with Crippen LogP contribution in [0, 0.1) is 14.1 Å². The molecule has 0 bridgehead atoms. The molecule has 0 aliphatic carbocycles. The van der Waals surface area contributed by atoms with E-state index in [9.17, 15) is 13.5 Å². The highest BCUT2D eigenvalue weighted by Gasteiger charge is 2.25. The van der Waals surface area contributed by atoms with Crippen molar-refractivity contribution in [1.29, 1.82) is 0 Å². The second-order valence-electron chi connectivity index (χ2n) is 4.27. The van der Waals surface area contributed by atoms with Crippen molar-refractivity contribution in [1.82, 2.24) is 0 Å². The van der Waals surface area contributed by atoms with E-state index in [1.807, 2.05) is 52.1 Å². The quantitative estimate of drug-likeness (QED) is 0.390. The molecule has 0 aromatic heterocycles. The molecular formula is C13H9I3O5S. The van der Waals surface area contributed by atoms with Gasteiger partial charge in [0, 0.05) is 0 Å². The first-order valence-electron chi connectivity index (χ1n) is 5.77. The van der Waals surface area contributed by atoms with Crippen molar-refractivity contribution < 1.29 is 20.8 Å². The summed E-state index contributed by atoms with van der Waals surface area (Å²) in [6.07, 6.45) is 0. The molecule has 1 N–H and O–H groups in total. The van der Waals surface area contributed by atoms with E-state index in [1.165, 1.54) is 12.1 Å². The van der Waals surface area contributed by atoms with E-state index in [2.05, 4.69) is 0 Å². The van der Waals surface area contributed by atoms with Crippen LogP contribution in [0.5, 0.6) is 17.2 Å². The van der Waals surface area contributed by atoms with Gasteiger partial charge in [-0.1, -0.05) is 17.7 Å². The van der Waals surface area contributed by atoms with E-state index < -0.39 is 10.1 Å². The fourth-order valence-electron chi connectivity index (χ4n) is 1.58. The number of rotatable bonds is 4. The predicted molar refractivity (Wildman–Crippen MR) is 107 cm³/mol. The average Bonchev–Trinajstić information content (AvgIpc) is 2.45. The minimum Gasteiger partial charge on any atom is -0.503 e. The normalized spacial score (nSPS) is 11.3. The third-order valence-electron chi connectivity index (χ3n) is 2.70. The van der Waals surface area contributed by atoms with Crippen LogP contribution in [0.15, 0.2) is 35.2 Å². The minimum absolute atomic E-state index is 0.0208. The smallest absolute Gasteiger partial charge is 0.339 e. The molecule has 0 radical (unpaired) electrons. The van der Waals surface area contributed by atoms with Crippen LogP contribution in [-0.4, -0.2) is 13.5 Å². The second-order valence-corrected chi connectivity index (χ2v) is 8.59. The van der Waals surface area contributed by atoms with Crippen LogP contribution in [0.3, 0.4) is 0 Å². The van der Waals surface area contributed by atoms with Crippen molar-refractivity contribution in [2.45, 2.75) is 11.8 Å². The minimum atomic E-state index is -4.02. The van der Waals surface area contributed by atoms with E-state index in [1.54, 1.807) is 41.2 Å². The van der Waals surface area contributed by atoms with Gasteiger partial charge >= 0.3 is 10.1 Å². The van der Waals surface area contributed by atoms with E-state index in [4.69, 9.17) is 7.25 Å². The molecule has 2 rings (SSSR count). The monoisotopic (exact) mass is 658 g/mol. The Morgan fingerprint density at radius 1 is 1.05 bits per heavy atom. The van der Waals surface area contributed by atoms with Crippen molar-refractivity contribution in [2.24, 2.45) is 0 Å². The Hall–Kier alpha value is -0.0200. The number of phenols is 1. The maximum atomic E-state index is 12.4. The molecule has 0 saturated heterocycles. The van der Waals surface area contributed by atoms with Crippen LogP contribution in [0.1, 0.15) is 5.56 Å². The van der Waals surface area contributed by atoms with Gasteiger partial charge in [-0.2, -0.15) is 8.42 Å². The van der Waals surface area contributed by atoms with E-state index in [-0.39, 0.29) is 22.1 Å². The summed E-state index contributed by atoms with van der Waals surface area (Å²) in [6.45, 7) is 1.86. The van der Waals surface area contributed by atoms with Crippen molar-refractivity contribution in [3.8, 4) is 17.2 Å². The third kappa shape index (κ3) is 3.90. The lowest BCUT2D eigenvalue weighted by Gasteiger charge is -2.13. The standard InChI is InChI=1S/C13H9I3O5S/c1-7-2-4-8(5-3-7)22(18,19)21-12-10(15)6-9(14)11(17)13(12)20-16/h2-6,17H,1H3. The number of hydrogen-bond acceptors (Lipinski definition) is 5. The van der Waals surface area contributed by atoms with Gasteiger partial charge in [-0.25, -0.2) is 0 Å². The van der Waals surface area contributed by atoms with E-state index in [0.717, 1.165) is 5.56 Å². The average molecular weight is 658 g/mol. The molecule has 118 valence electrons. The largest absolute Gasteiger partial charge is 0.503 e. The van der Waals surface area contributed by atoms with Gasteiger partial charge in [0.2, 0.25) is 11.5 Å². The molecule has 2 aromatic rings. The van der Waals surface area contributed by atoms with Gasteiger partial charge < -0.3 is 12.4 Å². The van der Waals surface area contributed by atoms with Gasteiger partial charge in [-0.3, -0.25) is 0 Å². The highest BCUT2D eigenvalue weighted by atomic mass is 127. The summed E-state index contributed by atoms with van der Waals surface area (Å²) >= 11 is 5.42. The fraction of sp³-hybridized carbons (Fsp3) is 0.0769. The zero-order valence-corrected chi connectivity index (χ0v) is 18.3. The number of hydrogen-bond donors (Lipinski definition) is 1. The Morgan fingerprint density at radius 3 is 2.18 bits per heavy atom. The summed E-state index contributed by atoms with van der Waals surface area (Å²) in [5.41, 5.74) is 0.941. The lowest BCUT2D eigenvalue weighted by atomic mass is 10.2. The zero-order valence-electron chi connectivity index (χ0n) is 11.0. The molecule has 0 amide bonds. The number of halogens is 3. The molecule has 0 aliphatic heterocycles. The second kappa shape index (κ2) is 7.25. The number of aromatic hydroxyl groups is 1. The summed E-state index contributed by atoms with van der Waals surface area (Å²) in [4.78, 5) is 0.0337. The molecule has 22 heavy (non-hydrogen) atoms.